The van der Waals surface area contributed by atoms with Crippen molar-refractivity contribution in [3.05, 3.63) is 23.5 Å². The van der Waals surface area contributed by atoms with Crippen LogP contribution < -0.4 is 4.74 Å². The highest BCUT2D eigenvalue weighted by Crippen LogP contribution is 2.29. The Bertz CT molecular complexity index is 379. The highest BCUT2D eigenvalue weighted by molar-refractivity contribution is 7.98. The fraction of sp³-hybridized carbons (Fsp3) is 0.300. The number of carboxylic acids is 1. The van der Waals surface area contributed by atoms with Crippen LogP contribution in [0.1, 0.15) is 17.3 Å². The van der Waals surface area contributed by atoms with Crippen LogP contribution in [0.25, 0.3) is 0 Å². The number of rotatable bonds is 4. The van der Waals surface area contributed by atoms with Crippen LogP contribution in [0.2, 0.25) is 0 Å². The maximum absolute atomic E-state index is 13.6. The van der Waals surface area contributed by atoms with E-state index in [-0.39, 0.29) is 16.2 Å². The van der Waals surface area contributed by atoms with Crippen molar-refractivity contribution < 1.29 is 19.0 Å². The van der Waals surface area contributed by atoms with Crippen molar-refractivity contribution in [3.63, 3.8) is 0 Å². The van der Waals surface area contributed by atoms with Gasteiger partial charge in [-0.1, -0.05) is 0 Å². The van der Waals surface area contributed by atoms with Crippen molar-refractivity contribution in [1.29, 1.82) is 0 Å². The molecule has 1 aromatic rings. The molecule has 82 valence electrons. The SMILES string of the molecule is CCOc1cc(C(=O)O)cc(SC)c1F. The quantitative estimate of drug-likeness (QED) is 0.808. The Morgan fingerprint density at radius 3 is 2.73 bits per heavy atom. The van der Waals surface area contributed by atoms with Crippen molar-refractivity contribution in [2.75, 3.05) is 12.9 Å². The molecule has 0 aromatic heterocycles. The van der Waals surface area contributed by atoms with Crippen molar-refractivity contribution in [2.24, 2.45) is 0 Å². The van der Waals surface area contributed by atoms with Crippen LogP contribution in [0.4, 0.5) is 4.39 Å². The van der Waals surface area contributed by atoms with Gasteiger partial charge >= 0.3 is 5.97 Å². The number of carboxylic acid groups (broad SMARTS) is 1. The van der Waals surface area contributed by atoms with E-state index < -0.39 is 11.8 Å². The summed E-state index contributed by atoms with van der Waals surface area (Å²) in [6, 6.07) is 2.49. The zero-order chi connectivity index (χ0) is 11.4. The molecule has 0 amide bonds. The third-order valence-electron chi connectivity index (χ3n) is 1.77. The van der Waals surface area contributed by atoms with Crippen molar-refractivity contribution in [2.45, 2.75) is 11.8 Å². The molecule has 3 nitrogen and oxygen atoms in total. The van der Waals surface area contributed by atoms with Crippen LogP contribution in [0.3, 0.4) is 0 Å². The third kappa shape index (κ3) is 2.62. The zero-order valence-corrected chi connectivity index (χ0v) is 9.23. The maximum Gasteiger partial charge on any atom is 0.335 e. The van der Waals surface area contributed by atoms with Gasteiger partial charge in [-0.3, -0.25) is 0 Å². The summed E-state index contributed by atoms with van der Waals surface area (Å²) in [6.45, 7) is 2.01. The Hall–Kier alpha value is -1.23. The number of aromatic carboxylic acids is 1. The molecule has 0 radical (unpaired) electrons. The summed E-state index contributed by atoms with van der Waals surface area (Å²) in [5, 5.41) is 8.80. The maximum atomic E-state index is 13.6. The minimum atomic E-state index is -1.09. The van der Waals surface area contributed by atoms with E-state index in [0.29, 0.717) is 6.61 Å². The number of ether oxygens (including phenoxy) is 1. The number of halogens is 1. The van der Waals surface area contributed by atoms with Crippen molar-refractivity contribution in [3.8, 4) is 5.75 Å². The highest BCUT2D eigenvalue weighted by atomic mass is 32.2. The molecule has 0 saturated heterocycles. The second-order valence-corrected chi connectivity index (χ2v) is 3.58. The molecule has 1 N–H and O–H groups in total. The normalized spacial score (nSPS) is 10.1. The summed E-state index contributed by atoms with van der Waals surface area (Å²) < 4.78 is 18.6. The van der Waals surface area contributed by atoms with E-state index in [9.17, 15) is 9.18 Å². The van der Waals surface area contributed by atoms with E-state index in [1.807, 2.05) is 0 Å². The summed E-state index contributed by atoms with van der Waals surface area (Å²) in [6.07, 6.45) is 1.68. The Balaban J connectivity index is 3.25. The Kier molecular flexibility index (Phi) is 3.96. The molecule has 0 unspecified atom stereocenters. The van der Waals surface area contributed by atoms with Gasteiger partial charge in [0.25, 0.3) is 0 Å². The van der Waals surface area contributed by atoms with E-state index in [2.05, 4.69) is 0 Å². The standard InChI is InChI=1S/C10H11FO3S/c1-3-14-7-4-6(10(12)13)5-8(15-2)9(7)11/h4-5H,3H2,1-2H3,(H,12,13). The summed E-state index contributed by atoms with van der Waals surface area (Å²) in [7, 11) is 0. The molecule has 0 fully saturated rings. The van der Waals surface area contributed by atoms with Gasteiger partial charge in [-0.05, 0) is 25.3 Å². The second-order valence-electron chi connectivity index (χ2n) is 2.73. The van der Waals surface area contributed by atoms with Crippen LogP contribution in [0.5, 0.6) is 5.75 Å². The molecule has 0 heterocycles. The molecule has 5 heteroatoms. The first kappa shape index (κ1) is 11.8. The highest BCUT2D eigenvalue weighted by Gasteiger charge is 2.14. The Morgan fingerprint density at radius 1 is 1.60 bits per heavy atom. The largest absolute Gasteiger partial charge is 0.491 e. The molecular weight excluding hydrogens is 219 g/mol. The van der Waals surface area contributed by atoms with Gasteiger partial charge in [0.05, 0.1) is 12.2 Å². The van der Waals surface area contributed by atoms with Gasteiger partial charge in [0.2, 0.25) is 0 Å². The number of hydrogen-bond acceptors (Lipinski definition) is 3. The van der Waals surface area contributed by atoms with E-state index in [0.717, 1.165) is 11.8 Å². The summed E-state index contributed by atoms with van der Waals surface area (Å²) in [5.41, 5.74) is 0.0317. The first-order valence-corrected chi connectivity index (χ1v) is 5.56. The number of hydrogen-bond donors (Lipinski definition) is 1. The topological polar surface area (TPSA) is 46.5 Å². The van der Waals surface area contributed by atoms with E-state index in [1.54, 1.807) is 13.2 Å². The molecule has 0 spiro atoms. The number of thioether (sulfide) groups is 1. The molecule has 0 bridgehead atoms. The molecule has 15 heavy (non-hydrogen) atoms. The van der Waals surface area contributed by atoms with Gasteiger partial charge in [0.15, 0.2) is 11.6 Å². The van der Waals surface area contributed by atoms with Crippen LogP contribution >= 0.6 is 11.8 Å². The lowest BCUT2D eigenvalue weighted by molar-refractivity contribution is 0.0696. The molecule has 0 atom stereocenters. The van der Waals surface area contributed by atoms with Gasteiger partial charge in [-0.15, -0.1) is 11.8 Å². The smallest absolute Gasteiger partial charge is 0.335 e. The number of carbonyl (C=O) groups is 1. The van der Waals surface area contributed by atoms with Gasteiger partial charge < -0.3 is 9.84 Å². The minimum absolute atomic E-state index is 0.0123. The average Bonchev–Trinajstić information content (AvgIpc) is 2.21. The van der Waals surface area contributed by atoms with E-state index in [1.165, 1.54) is 12.1 Å². The van der Waals surface area contributed by atoms with Gasteiger partial charge in [0.1, 0.15) is 0 Å². The van der Waals surface area contributed by atoms with Crippen molar-refractivity contribution >= 4 is 17.7 Å². The molecule has 0 aliphatic rings. The molecule has 0 aliphatic carbocycles. The predicted molar refractivity (Wildman–Crippen MR) is 56.3 cm³/mol. The molecule has 0 saturated carbocycles. The Labute approximate surface area is 91.2 Å². The fourth-order valence-electron chi connectivity index (χ4n) is 1.10. The van der Waals surface area contributed by atoms with Gasteiger partial charge in [-0.25, -0.2) is 9.18 Å². The van der Waals surface area contributed by atoms with Gasteiger partial charge in [0, 0.05) is 4.90 Å². The second kappa shape index (κ2) is 5.02. The first-order valence-electron chi connectivity index (χ1n) is 4.33. The lowest BCUT2D eigenvalue weighted by atomic mass is 10.2. The third-order valence-corrected chi connectivity index (χ3v) is 2.51. The van der Waals surface area contributed by atoms with Crippen LogP contribution in [0.15, 0.2) is 17.0 Å². The van der Waals surface area contributed by atoms with Gasteiger partial charge in [-0.2, -0.15) is 0 Å². The van der Waals surface area contributed by atoms with Crippen LogP contribution in [-0.2, 0) is 0 Å². The first-order chi connectivity index (χ1) is 7.10. The molecule has 1 rings (SSSR count). The molecule has 1 aromatic carbocycles. The monoisotopic (exact) mass is 230 g/mol. The zero-order valence-electron chi connectivity index (χ0n) is 8.41. The van der Waals surface area contributed by atoms with Crippen LogP contribution in [0, 0.1) is 5.82 Å². The lowest BCUT2D eigenvalue weighted by Gasteiger charge is -2.08. The van der Waals surface area contributed by atoms with Crippen LogP contribution in [-0.4, -0.2) is 23.9 Å². The minimum Gasteiger partial charge on any atom is -0.491 e. The predicted octanol–water partition coefficient (Wildman–Crippen LogP) is 2.64. The summed E-state index contributed by atoms with van der Waals surface area (Å²) >= 11 is 1.15. The lowest BCUT2D eigenvalue weighted by Crippen LogP contribution is -2.02. The summed E-state index contributed by atoms with van der Waals surface area (Å²) in [4.78, 5) is 11.0. The number of benzene rings is 1. The fourth-order valence-corrected chi connectivity index (χ4v) is 1.63. The molecule has 0 aliphatic heterocycles. The average molecular weight is 230 g/mol. The van der Waals surface area contributed by atoms with E-state index in [4.69, 9.17) is 9.84 Å². The van der Waals surface area contributed by atoms with E-state index >= 15 is 0 Å². The molecular formula is C10H11FO3S. The Morgan fingerprint density at radius 2 is 2.27 bits per heavy atom. The van der Waals surface area contributed by atoms with Crippen molar-refractivity contribution in [1.82, 2.24) is 0 Å². The summed E-state index contributed by atoms with van der Waals surface area (Å²) in [5.74, 6) is -1.61.